The van der Waals surface area contributed by atoms with Crippen molar-refractivity contribution in [2.75, 3.05) is 12.4 Å². The summed E-state index contributed by atoms with van der Waals surface area (Å²) < 4.78 is 18.4. The van der Waals surface area contributed by atoms with Crippen LogP contribution in [0.5, 0.6) is 0 Å². The largest absolute Gasteiger partial charge is 0.457 e. The van der Waals surface area contributed by atoms with Crippen LogP contribution in [0.4, 0.5) is 4.39 Å². The van der Waals surface area contributed by atoms with Gasteiger partial charge in [0.2, 0.25) is 11.7 Å². The maximum absolute atomic E-state index is 13.4. The summed E-state index contributed by atoms with van der Waals surface area (Å²) in [6.07, 6.45) is 0. The Morgan fingerprint density at radius 1 is 1.20 bits per heavy atom. The second-order valence-electron chi connectivity index (χ2n) is 4.98. The molecule has 0 aliphatic carbocycles. The fourth-order valence-electron chi connectivity index (χ4n) is 1.79. The van der Waals surface area contributed by atoms with Gasteiger partial charge in [-0.3, -0.25) is 14.4 Å². The molecule has 2 aromatic rings. The van der Waals surface area contributed by atoms with Crippen molar-refractivity contribution in [1.29, 1.82) is 0 Å². The van der Waals surface area contributed by atoms with Crippen LogP contribution >= 0.6 is 23.1 Å². The van der Waals surface area contributed by atoms with Gasteiger partial charge in [-0.2, -0.15) is 0 Å². The Morgan fingerprint density at radius 2 is 1.96 bits per heavy atom. The number of esters is 1. The molecule has 5 nitrogen and oxygen atoms in total. The smallest absolute Gasteiger partial charge is 0.316 e. The number of ether oxygens (including phenoxy) is 1. The first-order valence-electron chi connectivity index (χ1n) is 7.35. The summed E-state index contributed by atoms with van der Waals surface area (Å²) in [5.74, 6) is -1.53. The molecule has 0 saturated heterocycles. The quantitative estimate of drug-likeness (QED) is 0.432. The van der Waals surface area contributed by atoms with Crippen LogP contribution in [-0.2, 0) is 20.9 Å². The lowest BCUT2D eigenvalue weighted by Crippen LogP contribution is -2.18. The Kier molecular flexibility index (Phi) is 7.15. The first-order chi connectivity index (χ1) is 12.0. The summed E-state index contributed by atoms with van der Waals surface area (Å²) in [6, 6.07) is 9.50. The Balaban J connectivity index is 1.76. The van der Waals surface area contributed by atoms with E-state index in [0.717, 1.165) is 16.6 Å². The molecule has 1 aromatic heterocycles. The molecule has 0 fully saturated rings. The van der Waals surface area contributed by atoms with Crippen LogP contribution in [0.3, 0.4) is 0 Å². The first-order valence-corrected chi connectivity index (χ1v) is 9.15. The average Bonchev–Trinajstić information content (AvgIpc) is 3.06. The summed E-state index contributed by atoms with van der Waals surface area (Å²) in [7, 11) is 0. The SMILES string of the molecule is CC(=O)NCc1ccc(C(=O)COC(=O)CSc2ccccc2F)s1. The van der Waals surface area contributed by atoms with E-state index in [4.69, 9.17) is 4.74 Å². The molecular weight excluding hydrogens is 365 g/mol. The van der Waals surface area contributed by atoms with E-state index >= 15 is 0 Å². The van der Waals surface area contributed by atoms with Gasteiger partial charge >= 0.3 is 5.97 Å². The van der Waals surface area contributed by atoms with Gasteiger partial charge in [0.15, 0.2) is 6.61 Å². The maximum atomic E-state index is 13.4. The van der Waals surface area contributed by atoms with Crippen LogP contribution in [0.15, 0.2) is 41.3 Å². The van der Waals surface area contributed by atoms with Gasteiger partial charge in [-0.15, -0.1) is 23.1 Å². The van der Waals surface area contributed by atoms with Crippen LogP contribution in [0.25, 0.3) is 0 Å². The van der Waals surface area contributed by atoms with Gasteiger partial charge in [-0.1, -0.05) is 12.1 Å². The van der Waals surface area contributed by atoms with E-state index < -0.39 is 11.8 Å². The molecule has 0 aliphatic heterocycles. The van der Waals surface area contributed by atoms with Gasteiger partial charge in [-0.05, 0) is 24.3 Å². The highest BCUT2D eigenvalue weighted by molar-refractivity contribution is 8.00. The summed E-state index contributed by atoms with van der Waals surface area (Å²) in [6.45, 7) is 1.40. The molecule has 2 rings (SSSR count). The van der Waals surface area contributed by atoms with Gasteiger partial charge in [0.05, 0.1) is 17.2 Å². The average molecular weight is 381 g/mol. The highest BCUT2D eigenvalue weighted by Gasteiger charge is 2.13. The lowest BCUT2D eigenvalue weighted by molar-refractivity contribution is -0.139. The van der Waals surface area contributed by atoms with E-state index in [9.17, 15) is 18.8 Å². The van der Waals surface area contributed by atoms with Gasteiger partial charge in [0.1, 0.15) is 5.82 Å². The molecule has 0 radical (unpaired) electrons. The molecule has 132 valence electrons. The number of thiophene rings is 1. The number of carbonyl (C=O) groups is 3. The summed E-state index contributed by atoms with van der Waals surface area (Å²) in [5.41, 5.74) is 0. The summed E-state index contributed by atoms with van der Waals surface area (Å²) in [5, 5.41) is 2.64. The molecule has 8 heteroatoms. The van der Waals surface area contributed by atoms with Crippen LogP contribution in [0, 0.1) is 5.82 Å². The van der Waals surface area contributed by atoms with Gasteiger partial charge in [-0.25, -0.2) is 4.39 Å². The molecule has 0 spiro atoms. The number of hydrogen-bond donors (Lipinski definition) is 1. The minimum Gasteiger partial charge on any atom is -0.457 e. The minimum absolute atomic E-state index is 0.0769. The fourth-order valence-corrected chi connectivity index (χ4v) is 3.40. The van der Waals surface area contributed by atoms with Gasteiger partial charge in [0.25, 0.3) is 0 Å². The van der Waals surface area contributed by atoms with Gasteiger partial charge < -0.3 is 10.1 Å². The zero-order chi connectivity index (χ0) is 18.2. The minimum atomic E-state index is -0.586. The van der Waals surface area contributed by atoms with E-state index in [0.29, 0.717) is 16.3 Å². The van der Waals surface area contributed by atoms with Crippen molar-refractivity contribution in [3.05, 3.63) is 52.0 Å². The molecule has 0 saturated carbocycles. The Hall–Kier alpha value is -2.19. The first kappa shape index (κ1) is 19.1. The van der Waals surface area contributed by atoms with E-state index in [2.05, 4.69) is 5.32 Å². The standard InChI is InChI=1S/C17H16FNO4S2/c1-11(20)19-8-12-6-7-16(25-12)14(21)9-23-17(22)10-24-15-5-3-2-4-13(15)18/h2-7H,8-10H2,1H3,(H,19,20). The second-order valence-corrected chi connectivity index (χ2v) is 7.16. The lowest BCUT2D eigenvalue weighted by atomic mass is 10.3. The molecule has 0 unspecified atom stereocenters. The molecule has 0 atom stereocenters. The number of nitrogens with one attached hydrogen (secondary N) is 1. The predicted octanol–water partition coefficient (Wildman–Crippen LogP) is 3.04. The van der Waals surface area contributed by atoms with Crippen molar-refractivity contribution in [3.63, 3.8) is 0 Å². The highest BCUT2D eigenvalue weighted by atomic mass is 32.2. The zero-order valence-electron chi connectivity index (χ0n) is 13.4. The van der Waals surface area contributed by atoms with E-state index in [1.165, 1.54) is 24.3 Å². The number of carbonyl (C=O) groups excluding carboxylic acids is 3. The molecule has 1 heterocycles. The third-order valence-electron chi connectivity index (χ3n) is 2.99. The van der Waals surface area contributed by atoms with Crippen molar-refractivity contribution in [3.8, 4) is 0 Å². The number of ketones is 1. The topological polar surface area (TPSA) is 72.5 Å². The third-order valence-corrected chi connectivity index (χ3v) is 5.14. The summed E-state index contributed by atoms with van der Waals surface area (Å²) >= 11 is 2.25. The van der Waals surface area contributed by atoms with Crippen molar-refractivity contribution in [2.24, 2.45) is 0 Å². The Labute approximate surface area is 152 Å². The number of benzene rings is 1. The number of Topliss-reactive ketones (excluding diaryl/α,β-unsaturated/α-hetero) is 1. The monoisotopic (exact) mass is 381 g/mol. The van der Waals surface area contributed by atoms with E-state index in [-0.39, 0.29) is 24.1 Å². The molecule has 1 N–H and O–H groups in total. The molecule has 0 bridgehead atoms. The van der Waals surface area contributed by atoms with Crippen LogP contribution in [0.1, 0.15) is 21.5 Å². The molecule has 1 amide bonds. The fraction of sp³-hybridized carbons (Fsp3) is 0.235. The number of thioether (sulfide) groups is 1. The zero-order valence-corrected chi connectivity index (χ0v) is 15.0. The highest BCUT2D eigenvalue weighted by Crippen LogP contribution is 2.21. The van der Waals surface area contributed by atoms with Crippen molar-refractivity contribution < 1.29 is 23.5 Å². The Bertz CT molecular complexity index is 776. The number of hydrogen-bond acceptors (Lipinski definition) is 6. The van der Waals surface area contributed by atoms with Crippen molar-refractivity contribution >= 4 is 40.8 Å². The number of halogens is 1. The lowest BCUT2D eigenvalue weighted by Gasteiger charge is -2.04. The number of amides is 1. The van der Waals surface area contributed by atoms with E-state index in [1.807, 2.05) is 0 Å². The van der Waals surface area contributed by atoms with Crippen LogP contribution in [-0.4, -0.2) is 30.0 Å². The normalized spacial score (nSPS) is 10.3. The predicted molar refractivity (Wildman–Crippen MR) is 94.3 cm³/mol. The van der Waals surface area contributed by atoms with Crippen LogP contribution in [0.2, 0.25) is 0 Å². The van der Waals surface area contributed by atoms with Gasteiger partial charge in [0, 0.05) is 16.7 Å². The maximum Gasteiger partial charge on any atom is 0.316 e. The number of rotatable bonds is 8. The Morgan fingerprint density at radius 3 is 2.68 bits per heavy atom. The molecule has 0 aliphatic rings. The van der Waals surface area contributed by atoms with Crippen LogP contribution < -0.4 is 5.32 Å². The van der Waals surface area contributed by atoms with Crippen molar-refractivity contribution in [2.45, 2.75) is 18.4 Å². The molecular formula is C17H16FNO4S2. The third kappa shape index (κ3) is 6.32. The molecule has 1 aromatic carbocycles. The summed E-state index contributed by atoms with van der Waals surface area (Å²) in [4.78, 5) is 36.2. The van der Waals surface area contributed by atoms with E-state index in [1.54, 1.807) is 30.3 Å². The molecule has 25 heavy (non-hydrogen) atoms. The van der Waals surface area contributed by atoms with Crippen molar-refractivity contribution in [1.82, 2.24) is 5.32 Å². The second kappa shape index (κ2) is 9.33.